The summed E-state index contributed by atoms with van der Waals surface area (Å²) in [4.78, 5) is 65.6. The smallest absolute Gasteiger partial charge is 0.320 e. The molecule has 18 heteroatoms. The van der Waals surface area contributed by atoms with Crippen LogP contribution in [0, 0.1) is 11.7 Å². The first-order valence-electron chi connectivity index (χ1n) is 20.4. The van der Waals surface area contributed by atoms with Crippen LogP contribution in [0.2, 0.25) is 0 Å². The van der Waals surface area contributed by atoms with Gasteiger partial charge in [0.25, 0.3) is 5.91 Å². The van der Waals surface area contributed by atoms with Gasteiger partial charge in [0.1, 0.15) is 11.9 Å². The van der Waals surface area contributed by atoms with Crippen LogP contribution in [-0.4, -0.2) is 145 Å². The van der Waals surface area contributed by atoms with Gasteiger partial charge in [0.05, 0.1) is 11.7 Å². The molecule has 2 unspecified atom stereocenters. The molecule has 0 bridgehead atoms. The van der Waals surface area contributed by atoms with Crippen molar-refractivity contribution in [3.05, 3.63) is 54.0 Å². The second-order valence-corrected chi connectivity index (χ2v) is 16.0. The van der Waals surface area contributed by atoms with E-state index in [1.54, 1.807) is 24.1 Å². The minimum Gasteiger partial charge on any atom is -0.374 e. The molecule has 3 aromatic rings. The molecule has 8 rings (SSSR count). The molecule has 1 aromatic heterocycles. The van der Waals surface area contributed by atoms with Gasteiger partial charge in [-0.15, -0.1) is 10.2 Å². The lowest BCUT2D eigenvalue weighted by Gasteiger charge is -2.40. The van der Waals surface area contributed by atoms with Crippen LogP contribution < -0.4 is 36.4 Å². The molecule has 5 fully saturated rings. The number of piperidine rings is 3. The lowest BCUT2D eigenvalue weighted by molar-refractivity contribution is -0.133. The van der Waals surface area contributed by atoms with Gasteiger partial charge in [-0.2, -0.15) is 4.98 Å². The summed E-state index contributed by atoms with van der Waals surface area (Å²) in [5.41, 5.74) is 8.43. The Morgan fingerprint density at radius 3 is 2.31 bits per heavy atom. The Morgan fingerprint density at radius 1 is 0.862 bits per heavy atom. The Balaban J connectivity index is 0.812. The monoisotopic (exact) mass is 797 g/mol. The number of primary amides is 1. The number of nitrogens with zero attached hydrogens (tertiary/aromatic N) is 9. The summed E-state index contributed by atoms with van der Waals surface area (Å²) in [6, 6.07) is 12.7. The van der Waals surface area contributed by atoms with Gasteiger partial charge >= 0.3 is 6.03 Å². The van der Waals surface area contributed by atoms with Crippen molar-refractivity contribution >= 4 is 58.3 Å². The standard InChI is InChI=1S/C40H52FN13O4/c1-49-17-22-54(40(49)58)30-3-2-14-53(25-30)39-46-37(35(36(42)56)47-48-39)44-28-6-10-33(31(41)23-28)52-20-18-50(19-21-52)24-26-12-15-51(16-13-26)29-7-4-27(5-8-29)43-32-9-11-34(55)45-38(32)57/h4-8,10,23,26,30,32,43H,2-3,9,11-22,24-25H2,1H3,(H2,42,56)(H,44,46,48)(H,45,55,57). The molecule has 6 heterocycles. The van der Waals surface area contributed by atoms with Crippen LogP contribution in [0.15, 0.2) is 42.5 Å². The maximum Gasteiger partial charge on any atom is 0.320 e. The summed E-state index contributed by atoms with van der Waals surface area (Å²) in [5, 5.41) is 17.0. The highest BCUT2D eigenvalue weighted by atomic mass is 19.1. The minimum atomic E-state index is -0.801. The zero-order valence-corrected chi connectivity index (χ0v) is 32.9. The van der Waals surface area contributed by atoms with Gasteiger partial charge in [-0.05, 0) is 80.5 Å². The molecule has 5 aliphatic rings. The zero-order valence-electron chi connectivity index (χ0n) is 32.9. The van der Waals surface area contributed by atoms with Gasteiger partial charge in [0.2, 0.25) is 17.8 Å². The minimum absolute atomic E-state index is 0.0136. The predicted octanol–water partition coefficient (Wildman–Crippen LogP) is 2.45. The molecule has 17 nitrogen and oxygen atoms in total. The number of hydrogen-bond acceptors (Lipinski definition) is 13. The number of carbonyl (C=O) groups is 4. The molecule has 5 aliphatic heterocycles. The number of nitrogens with two attached hydrogens (primary N) is 1. The third kappa shape index (κ3) is 8.71. The first-order valence-corrected chi connectivity index (χ1v) is 20.4. The van der Waals surface area contributed by atoms with Gasteiger partial charge in [0, 0.05) is 103 Å². The van der Waals surface area contributed by atoms with Crippen LogP contribution in [0.4, 0.5) is 43.7 Å². The summed E-state index contributed by atoms with van der Waals surface area (Å²) < 4.78 is 15.7. The number of urea groups is 1. The third-order valence-electron chi connectivity index (χ3n) is 12.1. The van der Waals surface area contributed by atoms with Crippen molar-refractivity contribution < 1.29 is 23.6 Å². The van der Waals surface area contributed by atoms with Crippen LogP contribution in [0.1, 0.15) is 49.0 Å². The maximum absolute atomic E-state index is 15.7. The van der Waals surface area contributed by atoms with Gasteiger partial charge in [-0.3, -0.25) is 24.6 Å². The first-order chi connectivity index (χ1) is 28.1. The lowest BCUT2D eigenvalue weighted by atomic mass is 9.95. The number of imide groups is 1. The molecule has 0 radical (unpaired) electrons. The van der Waals surface area contributed by atoms with Gasteiger partial charge in [-0.1, -0.05) is 0 Å². The number of hydrogen-bond donors (Lipinski definition) is 4. The average molecular weight is 798 g/mol. The quantitative estimate of drug-likeness (QED) is 0.208. The lowest BCUT2D eigenvalue weighted by Crippen LogP contribution is -2.49. The molecule has 5 amide bonds. The number of rotatable bonds is 11. The number of nitrogens with one attached hydrogen (secondary N) is 3. The van der Waals surface area contributed by atoms with E-state index < -0.39 is 11.9 Å². The van der Waals surface area contributed by atoms with E-state index in [9.17, 15) is 19.2 Å². The number of carbonyl (C=O) groups excluding carboxylic acids is 4. The van der Waals surface area contributed by atoms with E-state index in [-0.39, 0.29) is 41.2 Å². The molecule has 5 saturated heterocycles. The molecule has 58 heavy (non-hydrogen) atoms. The fraction of sp³-hybridized carbons (Fsp3) is 0.525. The van der Waals surface area contributed by atoms with Crippen molar-refractivity contribution in [2.24, 2.45) is 11.7 Å². The van der Waals surface area contributed by atoms with Gasteiger partial charge in [0.15, 0.2) is 11.5 Å². The number of anilines is 6. The highest BCUT2D eigenvalue weighted by Crippen LogP contribution is 2.30. The fourth-order valence-electron chi connectivity index (χ4n) is 8.79. The van der Waals surface area contributed by atoms with Crippen molar-refractivity contribution in [2.45, 2.75) is 50.6 Å². The SMILES string of the molecule is CN1CCN(C2CCCN(c3nnc(C(N)=O)c(Nc4ccc(N5CCN(CC6CCN(c7ccc(NC8CCC(=O)NC8=O)cc7)CC6)CC5)c(F)c4)n3)C2)C1=O. The van der Waals surface area contributed by atoms with Gasteiger partial charge in [-0.25, -0.2) is 9.18 Å². The summed E-state index contributed by atoms with van der Waals surface area (Å²) in [6.07, 6.45) is 4.74. The molecular weight excluding hydrogens is 746 g/mol. The van der Waals surface area contributed by atoms with Crippen molar-refractivity contribution in [1.82, 2.24) is 35.2 Å². The van der Waals surface area contributed by atoms with E-state index >= 15 is 4.39 Å². The normalized spacial score (nSPS) is 22.4. The highest BCUT2D eigenvalue weighted by molar-refractivity contribution is 6.01. The van der Waals surface area contributed by atoms with E-state index in [2.05, 4.69) is 58.0 Å². The largest absolute Gasteiger partial charge is 0.374 e. The van der Waals surface area contributed by atoms with Crippen molar-refractivity contribution in [1.29, 1.82) is 0 Å². The van der Waals surface area contributed by atoms with E-state index in [4.69, 9.17) is 5.73 Å². The number of benzene rings is 2. The Bertz CT molecular complexity index is 2000. The number of amides is 5. The van der Waals surface area contributed by atoms with Gasteiger partial charge < -0.3 is 40.9 Å². The van der Waals surface area contributed by atoms with Crippen LogP contribution in [0.25, 0.3) is 0 Å². The molecule has 5 N–H and O–H groups in total. The molecule has 2 aromatic carbocycles. The summed E-state index contributed by atoms with van der Waals surface area (Å²) in [7, 11) is 1.80. The fourth-order valence-corrected chi connectivity index (χ4v) is 8.79. The van der Waals surface area contributed by atoms with E-state index in [0.29, 0.717) is 75.4 Å². The molecule has 308 valence electrons. The van der Waals surface area contributed by atoms with E-state index in [1.807, 2.05) is 21.9 Å². The summed E-state index contributed by atoms with van der Waals surface area (Å²) >= 11 is 0. The zero-order chi connectivity index (χ0) is 40.3. The molecule has 0 spiro atoms. The van der Waals surface area contributed by atoms with E-state index in [0.717, 1.165) is 69.8 Å². The van der Waals surface area contributed by atoms with E-state index in [1.165, 1.54) is 6.07 Å². The third-order valence-corrected chi connectivity index (χ3v) is 12.1. The van der Waals surface area contributed by atoms with Crippen LogP contribution in [0.5, 0.6) is 0 Å². The van der Waals surface area contributed by atoms with Crippen molar-refractivity contribution in [2.75, 3.05) is 104 Å². The topological polar surface area (TPSA) is 188 Å². The van der Waals surface area contributed by atoms with Crippen LogP contribution in [0.3, 0.4) is 0 Å². The predicted molar refractivity (Wildman–Crippen MR) is 218 cm³/mol. The molecule has 2 atom stereocenters. The Kier molecular flexibility index (Phi) is 11.4. The Hall–Kier alpha value is -5.78. The summed E-state index contributed by atoms with van der Waals surface area (Å²) in [5.74, 6) is -0.679. The number of likely N-dealkylation sites (N-methyl/N-ethyl adjacent to an activating group) is 1. The van der Waals surface area contributed by atoms with Crippen molar-refractivity contribution in [3.8, 4) is 0 Å². The molecule has 0 saturated carbocycles. The second kappa shape index (κ2) is 17.0. The number of halogens is 1. The van der Waals surface area contributed by atoms with Crippen LogP contribution in [-0.2, 0) is 9.59 Å². The Morgan fingerprint density at radius 2 is 1.62 bits per heavy atom. The first kappa shape index (κ1) is 39.1. The molecule has 0 aliphatic carbocycles. The maximum atomic E-state index is 15.7. The molecular formula is C40H52FN13O4. The average Bonchev–Trinajstić information content (AvgIpc) is 3.57. The highest BCUT2D eigenvalue weighted by Gasteiger charge is 2.35. The summed E-state index contributed by atoms with van der Waals surface area (Å²) in [6.45, 7) is 8.66. The number of aromatic nitrogens is 3. The Labute approximate surface area is 337 Å². The van der Waals surface area contributed by atoms with Crippen LogP contribution >= 0.6 is 0 Å². The van der Waals surface area contributed by atoms with Crippen molar-refractivity contribution in [3.63, 3.8) is 0 Å². The second-order valence-electron chi connectivity index (χ2n) is 16.0. The number of piperazine rings is 1.